The highest BCUT2D eigenvalue weighted by Gasteiger charge is 2.30. The number of halogens is 1. The first-order valence-corrected chi connectivity index (χ1v) is 6.89. The van der Waals surface area contributed by atoms with Crippen LogP contribution in [-0.4, -0.2) is 22.2 Å². The summed E-state index contributed by atoms with van der Waals surface area (Å²) in [4.78, 5) is 22.2. The highest BCUT2D eigenvalue weighted by Crippen LogP contribution is 2.43. The Morgan fingerprint density at radius 2 is 1.91 bits per heavy atom. The smallest absolute Gasteiger partial charge is 0.308 e. The molecule has 1 aliphatic rings. The maximum absolute atomic E-state index is 11.2. The Bertz CT molecular complexity index is 652. The molecule has 0 amide bonds. The van der Waals surface area contributed by atoms with Crippen molar-refractivity contribution in [3.05, 3.63) is 39.9 Å². The van der Waals surface area contributed by atoms with Crippen LogP contribution in [0.2, 0.25) is 0 Å². The first kappa shape index (κ1) is 16.5. The van der Waals surface area contributed by atoms with Crippen LogP contribution in [0.5, 0.6) is 5.75 Å². The van der Waals surface area contributed by atoms with E-state index in [2.05, 4.69) is 0 Å². The van der Waals surface area contributed by atoms with Crippen LogP contribution >= 0.6 is 11.6 Å². The summed E-state index contributed by atoms with van der Waals surface area (Å²) < 4.78 is 9.99. The summed E-state index contributed by atoms with van der Waals surface area (Å²) in [5.41, 5.74) is 1.09. The molecule has 22 heavy (non-hydrogen) atoms. The number of ether oxygens (including phenoxy) is 2. The number of fused-ring (bicyclic) bond motifs is 1. The molecule has 0 radical (unpaired) electrons. The lowest BCUT2D eigenvalue weighted by molar-refractivity contribution is -0.142. The molecule has 2 unspecified atom stereocenters. The highest BCUT2D eigenvalue weighted by molar-refractivity contribution is 6.30. The highest BCUT2D eigenvalue weighted by atomic mass is 35.5. The summed E-state index contributed by atoms with van der Waals surface area (Å²) >= 11 is 5.88. The molecule has 0 saturated heterocycles. The molecule has 0 aromatic heterocycles. The number of rotatable bonds is 3. The van der Waals surface area contributed by atoms with E-state index in [1.165, 1.54) is 26.0 Å². The van der Waals surface area contributed by atoms with Crippen LogP contribution < -0.4 is 4.74 Å². The zero-order valence-corrected chi connectivity index (χ0v) is 12.8. The average molecular weight is 327 g/mol. The maximum atomic E-state index is 11.2. The van der Waals surface area contributed by atoms with Crippen LogP contribution in [0, 0.1) is 0 Å². The van der Waals surface area contributed by atoms with Gasteiger partial charge in [0.2, 0.25) is 0 Å². The Hall–Kier alpha value is -1.89. The van der Waals surface area contributed by atoms with Crippen LogP contribution in [-0.2, 0) is 20.9 Å². The summed E-state index contributed by atoms with van der Waals surface area (Å²) in [6.07, 6.45) is -0.962. The number of aliphatic hydroxyl groups is 2. The van der Waals surface area contributed by atoms with Crippen LogP contribution in [0.25, 0.3) is 0 Å². The van der Waals surface area contributed by atoms with E-state index in [1.807, 2.05) is 0 Å². The standard InChI is InChI=1S/C15H15ClO6/c1-7(17)21-6-9-3-10-12(19)5-11(16)15(20)14(10)13(4-9)22-8(2)18/h3-5,12,15,19-20H,6H2,1-2H3. The molecule has 7 heteroatoms. The van der Waals surface area contributed by atoms with Crippen molar-refractivity contribution in [3.8, 4) is 5.75 Å². The molecule has 0 spiro atoms. The van der Waals surface area contributed by atoms with Gasteiger partial charge in [-0.1, -0.05) is 11.6 Å². The lowest BCUT2D eigenvalue weighted by Crippen LogP contribution is -2.16. The number of hydrogen-bond acceptors (Lipinski definition) is 6. The number of carbonyl (C=O) groups excluding carboxylic acids is 2. The summed E-state index contributed by atoms with van der Waals surface area (Å²) in [5.74, 6) is -0.973. The van der Waals surface area contributed by atoms with Gasteiger partial charge in [-0.3, -0.25) is 9.59 Å². The van der Waals surface area contributed by atoms with Crippen molar-refractivity contribution in [2.24, 2.45) is 0 Å². The van der Waals surface area contributed by atoms with Gasteiger partial charge in [0.05, 0.1) is 11.1 Å². The van der Waals surface area contributed by atoms with Gasteiger partial charge < -0.3 is 19.7 Å². The molecule has 2 rings (SSSR count). The number of aliphatic hydroxyl groups excluding tert-OH is 2. The predicted molar refractivity (Wildman–Crippen MR) is 77.1 cm³/mol. The Morgan fingerprint density at radius 1 is 1.23 bits per heavy atom. The second kappa shape index (κ2) is 6.48. The Labute approximate surface area is 131 Å². The zero-order chi connectivity index (χ0) is 16.4. The lowest BCUT2D eigenvalue weighted by Gasteiger charge is -2.26. The number of benzene rings is 1. The van der Waals surface area contributed by atoms with E-state index < -0.39 is 24.1 Å². The Kier molecular flexibility index (Phi) is 4.85. The Balaban J connectivity index is 2.50. The molecule has 0 saturated carbocycles. The van der Waals surface area contributed by atoms with Crippen molar-refractivity contribution < 1.29 is 29.3 Å². The van der Waals surface area contributed by atoms with Crippen LogP contribution in [0.15, 0.2) is 23.2 Å². The van der Waals surface area contributed by atoms with E-state index in [9.17, 15) is 19.8 Å². The molecule has 0 fully saturated rings. The number of carbonyl (C=O) groups is 2. The monoisotopic (exact) mass is 326 g/mol. The molecule has 0 aliphatic heterocycles. The van der Waals surface area contributed by atoms with Crippen molar-refractivity contribution in [1.82, 2.24) is 0 Å². The van der Waals surface area contributed by atoms with Crippen molar-refractivity contribution in [1.29, 1.82) is 0 Å². The third-order valence-corrected chi connectivity index (χ3v) is 3.43. The fraction of sp³-hybridized carbons (Fsp3) is 0.333. The van der Waals surface area contributed by atoms with E-state index in [0.29, 0.717) is 11.1 Å². The largest absolute Gasteiger partial charge is 0.461 e. The average Bonchev–Trinajstić information content (AvgIpc) is 2.41. The minimum absolute atomic E-state index is 0.0427. The van der Waals surface area contributed by atoms with Crippen LogP contribution in [0.4, 0.5) is 0 Å². The zero-order valence-electron chi connectivity index (χ0n) is 12.0. The summed E-state index contributed by atoms with van der Waals surface area (Å²) in [6.45, 7) is 2.44. The minimum Gasteiger partial charge on any atom is -0.461 e. The van der Waals surface area contributed by atoms with Gasteiger partial charge >= 0.3 is 11.9 Å². The molecule has 0 heterocycles. The van der Waals surface area contributed by atoms with Crippen LogP contribution in [0.1, 0.15) is 42.7 Å². The third kappa shape index (κ3) is 3.47. The van der Waals surface area contributed by atoms with Crippen LogP contribution in [0.3, 0.4) is 0 Å². The molecule has 2 atom stereocenters. The summed E-state index contributed by atoms with van der Waals surface area (Å²) in [5, 5.41) is 20.3. The van der Waals surface area contributed by atoms with E-state index in [0.717, 1.165) is 0 Å². The van der Waals surface area contributed by atoms with Gasteiger partial charge in [0, 0.05) is 19.4 Å². The van der Waals surface area contributed by atoms with E-state index in [-0.39, 0.29) is 23.0 Å². The maximum Gasteiger partial charge on any atom is 0.308 e. The van der Waals surface area contributed by atoms with Crippen molar-refractivity contribution in [2.75, 3.05) is 0 Å². The van der Waals surface area contributed by atoms with Gasteiger partial charge in [-0.25, -0.2) is 0 Å². The fourth-order valence-corrected chi connectivity index (χ4v) is 2.45. The number of esters is 2. The molecule has 0 bridgehead atoms. The van der Waals surface area contributed by atoms with Gasteiger partial charge in [-0.05, 0) is 29.3 Å². The predicted octanol–water partition coefficient (Wildman–Crippen LogP) is 1.88. The van der Waals surface area contributed by atoms with Gasteiger partial charge in [0.15, 0.2) is 0 Å². The fourth-order valence-electron chi connectivity index (χ4n) is 2.22. The SMILES string of the molecule is CC(=O)OCc1cc(OC(C)=O)c2c(c1)C(O)C=C(Cl)C2O. The first-order valence-electron chi connectivity index (χ1n) is 6.51. The quantitative estimate of drug-likeness (QED) is 0.650. The summed E-state index contributed by atoms with van der Waals surface area (Å²) in [7, 11) is 0. The topological polar surface area (TPSA) is 93.1 Å². The van der Waals surface area contributed by atoms with E-state index in [4.69, 9.17) is 21.1 Å². The molecule has 118 valence electrons. The second-order valence-corrected chi connectivity index (χ2v) is 5.31. The molecule has 6 nitrogen and oxygen atoms in total. The molecule has 1 aliphatic carbocycles. The van der Waals surface area contributed by atoms with Gasteiger partial charge in [-0.15, -0.1) is 0 Å². The van der Waals surface area contributed by atoms with Crippen molar-refractivity contribution in [3.63, 3.8) is 0 Å². The molecule has 2 N–H and O–H groups in total. The second-order valence-electron chi connectivity index (χ2n) is 4.87. The Morgan fingerprint density at radius 3 is 2.50 bits per heavy atom. The minimum atomic E-state index is -1.20. The molecule has 1 aromatic rings. The molecule has 1 aromatic carbocycles. The van der Waals surface area contributed by atoms with Gasteiger partial charge in [0.1, 0.15) is 18.5 Å². The lowest BCUT2D eigenvalue weighted by atomic mass is 9.90. The normalized spacial score (nSPS) is 20.0. The number of hydrogen-bond donors (Lipinski definition) is 2. The molecular weight excluding hydrogens is 312 g/mol. The first-order chi connectivity index (χ1) is 10.3. The van der Waals surface area contributed by atoms with Gasteiger partial charge in [-0.2, -0.15) is 0 Å². The third-order valence-electron chi connectivity index (χ3n) is 3.10. The van der Waals surface area contributed by atoms with E-state index >= 15 is 0 Å². The van der Waals surface area contributed by atoms with E-state index in [1.54, 1.807) is 6.07 Å². The van der Waals surface area contributed by atoms with Crippen molar-refractivity contribution in [2.45, 2.75) is 32.7 Å². The summed E-state index contributed by atoms with van der Waals surface area (Å²) in [6, 6.07) is 3.04. The van der Waals surface area contributed by atoms with Gasteiger partial charge in [0.25, 0.3) is 0 Å². The molecular formula is C15H15ClO6. The van der Waals surface area contributed by atoms with Crippen molar-refractivity contribution >= 4 is 23.5 Å².